The Balaban J connectivity index is 1.66. The van der Waals surface area contributed by atoms with Crippen molar-refractivity contribution in [1.29, 1.82) is 0 Å². The summed E-state index contributed by atoms with van der Waals surface area (Å²) in [6.07, 6.45) is 6.08. The van der Waals surface area contributed by atoms with E-state index in [4.69, 9.17) is 4.99 Å². The molecule has 1 aromatic heterocycles. The second-order valence-electron chi connectivity index (χ2n) is 8.03. The van der Waals surface area contributed by atoms with Crippen molar-refractivity contribution >= 4 is 11.9 Å². The van der Waals surface area contributed by atoms with E-state index >= 15 is 0 Å². The van der Waals surface area contributed by atoms with Crippen molar-refractivity contribution in [2.45, 2.75) is 52.1 Å². The van der Waals surface area contributed by atoms with Crippen molar-refractivity contribution < 1.29 is 4.79 Å². The Bertz CT molecular complexity index is 874. The van der Waals surface area contributed by atoms with E-state index in [9.17, 15) is 4.79 Å². The number of nitrogens with zero attached hydrogens (tertiary/aromatic N) is 4. The zero-order valence-electron chi connectivity index (χ0n) is 18.6. The van der Waals surface area contributed by atoms with Crippen molar-refractivity contribution in [3.8, 4) is 0 Å². The Morgan fingerprint density at radius 2 is 2.20 bits per heavy atom. The highest BCUT2D eigenvalue weighted by Gasteiger charge is 2.26. The first-order chi connectivity index (χ1) is 14.5. The quantitative estimate of drug-likeness (QED) is 0.544. The van der Waals surface area contributed by atoms with Crippen LogP contribution in [0, 0.1) is 0 Å². The topological polar surface area (TPSA) is 74.6 Å². The van der Waals surface area contributed by atoms with Crippen LogP contribution >= 0.6 is 0 Å². The van der Waals surface area contributed by atoms with Gasteiger partial charge in [0.25, 0.3) is 5.91 Å². The van der Waals surface area contributed by atoms with Crippen molar-refractivity contribution in [2.24, 2.45) is 12.0 Å². The molecule has 1 aliphatic rings. The van der Waals surface area contributed by atoms with Gasteiger partial charge in [-0.15, -0.1) is 0 Å². The predicted octanol–water partition coefficient (Wildman–Crippen LogP) is 2.90. The van der Waals surface area contributed by atoms with Crippen molar-refractivity contribution in [2.75, 3.05) is 19.6 Å². The summed E-state index contributed by atoms with van der Waals surface area (Å²) in [6, 6.07) is 7.91. The fraction of sp³-hybridized carbons (Fsp3) is 0.522. The molecule has 0 aliphatic carbocycles. The zero-order chi connectivity index (χ0) is 21.5. The predicted molar refractivity (Wildman–Crippen MR) is 121 cm³/mol. The van der Waals surface area contributed by atoms with Crippen LogP contribution in [0.25, 0.3) is 0 Å². The highest BCUT2D eigenvalue weighted by atomic mass is 16.1. The Kier molecular flexibility index (Phi) is 7.49. The lowest BCUT2D eigenvalue weighted by atomic mass is 10.0. The molecule has 2 N–H and O–H groups in total. The molecule has 0 radical (unpaired) electrons. The highest BCUT2D eigenvalue weighted by Crippen LogP contribution is 2.26. The van der Waals surface area contributed by atoms with Crippen LogP contribution in [-0.4, -0.2) is 52.2 Å². The number of aliphatic imine (C=N–C) groups is 1. The van der Waals surface area contributed by atoms with E-state index in [0.717, 1.165) is 44.0 Å². The summed E-state index contributed by atoms with van der Waals surface area (Å²) in [5.41, 5.74) is 3.01. The molecule has 2 unspecified atom stereocenters. The lowest BCUT2D eigenvalue weighted by molar-refractivity contribution is 0.0939. The van der Waals surface area contributed by atoms with Crippen LogP contribution < -0.4 is 10.6 Å². The highest BCUT2D eigenvalue weighted by molar-refractivity contribution is 5.94. The van der Waals surface area contributed by atoms with Crippen molar-refractivity contribution in [3.63, 3.8) is 0 Å². The van der Waals surface area contributed by atoms with Gasteiger partial charge in [-0.3, -0.25) is 9.48 Å². The van der Waals surface area contributed by atoms with Crippen LogP contribution in [0.1, 0.15) is 61.0 Å². The fourth-order valence-corrected chi connectivity index (χ4v) is 3.69. The van der Waals surface area contributed by atoms with Gasteiger partial charge >= 0.3 is 0 Å². The van der Waals surface area contributed by atoms with Gasteiger partial charge in [-0.2, -0.15) is 5.10 Å². The van der Waals surface area contributed by atoms with E-state index in [-0.39, 0.29) is 11.9 Å². The number of likely N-dealkylation sites (tertiary alicyclic amines) is 1. The smallest absolute Gasteiger partial charge is 0.251 e. The van der Waals surface area contributed by atoms with Crippen LogP contribution in [0.15, 0.2) is 41.7 Å². The molecule has 0 saturated carbocycles. The van der Waals surface area contributed by atoms with Gasteiger partial charge < -0.3 is 15.5 Å². The van der Waals surface area contributed by atoms with Gasteiger partial charge in [-0.1, -0.05) is 19.1 Å². The number of hydrogen-bond acceptors (Lipinski definition) is 3. The minimum absolute atomic E-state index is 0.0269. The van der Waals surface area contributed by atoms with Crippen LogP contribution in [-0.2, 0) is 13.6 Å². The number of carbonyl (C=O) groups is 1. The average Bonchev–Trinajstić information content (AvgIpc) is 3.40. The first kappa shape index (κ1) is 21.9. The van der Waals surface area contributed by atoms with E-state index in [1.165, 1.54) is 5.56 Å². The summed E-state index contributed by atoms with van der Waals surface area (Å²) < 4.78 is 1.86. The van der Waals surface area contributed by atoms with Crippen molar-refractivity contribution in [1.82, 2.24) is 25.3 Å². The summed E-state index contributed by atoms with van der Waals surface area (Å²) in [4.78, 5) is 19.6. The standard InChI is InChI=1S/C23H34N6O/c1-5-17(3)27-22(30)19-9-7-8-18(12-19)13-25-23(24-6-2)29-11-10-20(16-29)21-14-26-28(4)15-21/h7-9,12,14-15,17,20H,5-6,10-11,13,16H2,1-4H3,(H,24,25)(H,27,30). The van der Waals surface area contributed by atoms with Crippen LogP contribution in [0.3, 0.4) is 0 Å². The molecule has 7 nitrogen and oxygen atoms in total. The summed E-state index contributed by atoms with van der Waals surface area (Å²) in [5, 5.41) is 10.8. The van der Waals surface area contributed by atoms with Crippen LogP contribution in [0.5, 0.6) is 0 Å². The number of nitrogens with one attached hydrogen (secondary N) is 2. The Hall–Kier alpha value is -2.83. The molecule has 3 rings (SSSR count). The van der Waals surface area contributed by atoms with Gasteiger partial charge in [0, 0.05) is 50.4 Å². The molecule has 162 valence electrons. The minimum Gasteiger partial charge on any atom is -0.357 e. The van der Waals surface area contributed by atoms with Crippen LogP contribution in [0.4, 0.5) is 0 Å². The molecule has 30 heavy (non-hydrogen) atoms. The first-order valence-corrected chi connectivity index (χ1v) is 10.9. The molecule has 0 spiro atoms. The minimum atomic E-state index is -0.0269. The number of guanidine groups is 1. The third-order valence-corrected chi connectivity index (χ3v) is 5.61. The third kappa shape index (κ3) is 5.62. The Morgan fingerprint density at radius 1 is 1.37 bits per heavy atom. The SMILES string of the molecule is CCNC(=NCc1cccc(C(=O)NC(C)CC)c1)N1CCC(c2cnn(C)c2)C1. The fourth-order valence-electron chi connectivity index (χ4n) is 3.69. The van der Waals surface area contributed by atoms with Crippen LogP contribution in [0.2, 0.25) is 0 Å². The van der Waals surface area contributed by atoms with Gasteiger partial charge in [0.1, 0.15) is 0 Å². The molecule has 2 heterocycles. The lowest BCUT2D eigenvalue weighted by Crippen LogP contribution is -2.40. The number of aryl methyl sites for hydroxylation is 1. The maximum atomic E-state index is 12.4. The van der Waals surface area contributed by atoms with Gasteiger partial charge in [0.2, 0.25) is 0 Å². The lowest BCUT2D eigenvalue weighted by Gasteiger charge is -2.21. The molecule has 1 fully saturated rings. The monoisotopic (exact) mass is 410 g/mol. The molecule has 2 atom stereocenters. The second kappa shape index (κ2) is 10.3. The molecule has 1 amide bonds. The number of benzene rings is 1. The van der Waals surface area contributed by atoms with E-state index in [1.54, 1.807) is 0 Å². The van der Waals surface area contributed by atoms with Crippen molar-refractivity contribution in [3.05, 3.63) is 53.3 Å². The molecule has 1 saturated heterocycles. The molecule has 7 heteroatoms. The van der Waals surface area contributed by atoms with Gasteiger partial charge in [0.15, 0.2) is 5.96 Å². The normalized spacial score (nSPS) is 17.8. The van der Waals surface area contributed by atoms with E-state index in [2.05, 4.69) is 40.7 Å². The Morgan fingerprint density at radius 3 is 2.90 bits per heavy atom. The number of aromatic nitrogens is 2. The van der Waals surface area contributed by atoms with E-state index < -0.39 is 0 Å². The molecule has 2 aromatic rings. The largest absolute Gasteiger partial charge is 0.357 e. The van der Waals surface area contributed by atoms with Gasteiger partial charge in [-0.05, 0) is 49.9 Å². The summed E-state index contributed by atoms with van der Waals surface area (Å²) in [7, 11) is 1.96. The third-order valence-electron chi connectivity index (χ3n) is 5.61. The average molecular weight is 411 g/mol. The first-order valence-electron chi connectivity index (χ1n) is 10.9. The number of carbonyl (C=O) groups excluding carboxylic acids is 1. The second-order valence-corrected chi connectivity index (χ2v) is 8.03. The molecule has 1 aromatic carbocycles. The van der Waals surface area contributed by atoms with E-state index in [0.29, 0.717) is 18.0 Å². The number of rotatable bonds is 7. The Labute approximate surface area is 179 Å². The van der Waals surface area contributed by atoms with E-state index in [1.807, 2.05) is 49.1 Å². The number of hydrogen-bond donors (Lipinski definition) is 2. The molecular weight excluding hydrogens is 376 g/mol. The molecule has 1 aliphatic heterocycles. The summed E-state index contributed by atoms with van der Waals surface area (Å²) in [5.74, 6) is 1.38. The summed E-state index contributed by atoms with van der Waals surface area (Å²) in [6.45, 7) is 9.45. The van der Waals surface area contributed by atoms with Gasteiger partial charge in [-0.25, -0.2) is 4.99 Å². The maximum absolute atomic E-state index is 12.4. The van der Waals surface area contributed by atoms with Gasteiger partial charge in [0.05, 0.1) is 12.7 Å². The molecular formula is C23H34N6O. The zero-order valence-corrected chi connectivity index (χ0v) is 18.6. The molecule has 0 bridgehead atoms. The maximum Gasteiger partial charge on any atom is 0.251 e. The summed E-state index contributed by atoms with van der Waals surface area (Å²) >= 11 is 0. The number of amides is 1.